The highest BCUT2D eigenvalue weighted by molar-refractivity contribution is 5.82. The Labute approximate surface area is 159 Å². The lowest BCUT2D eigenvalue weighted by Crippen LogP contribution is -2.45. The number of anilines is 2. The molecular formula is C18H33N5O4. The number of ether oxygens (including phenoxy) is 1. The first kappa shape index (κ1) is 22.8. The van der Waals surface area contributed by atoms with Crippen molar-refractivity contribution in [3.63, 3.8) is 0 Å². The first-order valence-electron chi connectivity index (χ1n) is 9.51. The summed E-state index contributed by atoms with van der Waals surface area (Å²) < 4.78 is 6.44. The molecular weight excluding hydrogens is 350 g/mol. The number of H-pyrrole nitrogens is 1. The van der Waals surface area contributed by atoms with Gasteiger partial charge in [0.25, 0.3) is 5.56 Å². The fourth-order valence-corrected chi connectivity index (χ4v) is 2.89. The highest BCUT2D eigenvalue weighted by Crippen LogP contribution is 2.16. The predicted molar refractivity (Wildman–Crippen MR) is 107 cm³/mol. The summed E-state index contributed by atoms with van der Waals surface area (Å²) in [7, 11) is 1.54. The number of nitrogens with one attached hydrogen (secondary N) is 2. The third kappa shape index (κ3) is 6.74. The average Bonchev–Trinajstić information content (AvgIpc) is 2.59. The molecule has 9 heteroatoms. The molecule has 1 heterocycles. The van der Waals surface area contributed by atoms with E-state index in [4.69, 9.17) is 10.5 Å². The molecule has 1 amide bonds. The van der Waals surface area contributed by atoms with Gasteiger partial charge in [-0.25, -0.2) is 4.79 Å². The molecule has 0 spiro atoms. The molecule has 0 aromatic carbocycles. The van der Waals surface area contributed by atoms with Crippen molar-refractivity contribution in [2.24, 2.45) is 0 Å². The Morgan fingerprint density at radius 3 is 2.63 bits per heavy atom. The van der Waals surface area contributed by atoms with Gasteiger partial charge in [0.2, 0.25) is 5.91 Å². The molecule has 1 aromatic heterocycles. The molecule has 0 bridgehead atoms. The fourth-order valence-electron chi connectivity index (χ4n) is 2.89. The van der Waals surface area contributed by atoms with Crippen LogP contribution >= 0.6 is 0 Å². The lowest BCUT2D eigenvalue weighted by atomic mass is 10.2. The third-order valence-corrected chi connectivity index (χ3v) is 4.29. The minimum atomic E-state index is -0.601. The third-order valence-electron chi connectivity index (χ3n) is 4.29. The quantitative estimate of drug-likeness (QED) is 0.488. The van der Waals surface area contributed by atoms with Gasteiger partial charge in [-0.1, -0.05) is 26.7 Å². The van der Waals surface area contributed by atoms with Crippen LogP contribution in [0.25, 0.3) is 0 Å². The zero-order chi connectivity index (χ0) is 20.4. The molecule has 154 valence electrons. The second-order valence-corrected chi connectivity index (χ2v) is 6.67. The minimum Gasteiger partial charge on any atom is -0.383 e. The summed E-state index contributed by atoms with van der Waals surface area (Å²) in [6, 6.07) is 0.0425. The van der Waals surface area contributed by atoms with Gasteiger partial charge < -0.3 is 20.7 Å². The number of unbranched alkanes of at least 4 members (excludes halogenated alkanes) is 1. The van der Waals surface area contributed by atoms with Crippen LogP contribution in [0, 0.1) is 0 Å². The number of carbonyl (C=O) groups is 1. The monoisotopic (exact) mass is 383 g/mol. The molecule has 0 aliphatic carbocycles. The summed E-state index contributed by atoms with van der Waals surface area (Å²) in [5.74, 6) is -0.139. The van der Waals surface area contributed by atoms with Crippen molar-refractivity contribution in [2.45, 2.75) is 59.0 Å². The summed E-state index contributed by atoms with van der Waals surface area (Å²) in [5, 5.41) is 2.91. The Morgan fingerprint density at radius 1 is 1.33 bits per heavy atom. The molecule has 1 atom stereocenters. The number of nitrogens with two attached hydrogens (primary N) is 1. The number of amides is 1. The van der Waals surface area contributed by atoms with E-state index in [-0.39, 0.29) is 30.0 Å². The predicted octanol–water partition coefficient (Wildman–Crippen LogP) is 0.677. The Morgan fingerprint density at radius 2 is 2.04 bits per heavy atom. The Bertz CT molecular complexity index is 713. The van der Waals surface area contributed by atoms with E-state index in [0.717, 1.165) is 25.7 Å². The van der Waals surface area contributed by atoms with Crippen LogP contribution in [0.5, 0.6) is 0 Å². The zero-order valence-electron chi connectivity index (χ0n) is 16.8. The summed E-state index contributed by atoms with van der Waals surface area (Å²) >= 11 is 0. The molecule has 0 aliphatic heterocycles. The molecule has 0 radical (unpaired) electrons. The molecule has 0 aliphatic rings. The van der Waals surface area contributed by atoms with E-state index in [9.17, 15) is 14.4 Å². The van der Waals surface area contributed by atoms with Crippen molar-refractivity contribution >= 4 is 17.4 Å². The Kier molecular flexibility index (Phi) is 9.63. The van der Waals surface area contributed by atoms with Gasteiger partial charge in [0.05, 0.1) is 13.2 Å². The van der Waals surface area contributed by atoms with Crippen LogP contribution in [0.3, 0.4) is 0 Å². The van der Waals surface area contributed by atoms with E-state index in [1.807, 2.05) is 20.8 Å². The largest absolute Gasteiger partial charge is 0.383 e. The summed E-state index contributed by atoms with van der Waals surface area (Å²) in [5.41, 5.74) is 5.14. The normalized spacial score (nSPS) is 12.0. The number of hydrogen-bond acceptors (Lipinski definition) is 6. The molecule has 27 heavy (non-hydrogen) atoms. The summed E-state index contributed by atoms with van der Waals surface area (Å²) in [6.45, 7) is 6.95. The molecule has 9 nitrogen and oxygen atoms in total. The van der Waals surface area contributed by atoms with Gasteiger partial charge in [0, 0.05) is 26.2 Å². The summed E-state index contributed by atoms with van der Waals surface area (Å²) in [6.07, 6.45) is 3.46. The lowest BCUT2D eigenvalue weighted by molar-refractivity contribution is -0.120. The van der Waals surface area contributed by atoms with Crippen LogP contribution in [0.4, 0.5) is 11.5 Å². The van der Waals surface area contributed by atoms with E-state index in [1.54, 1.807) is 4.90 Å². The molecule has 4 N–H and O–H groups in total. The summed E-state index contributed by atoms with van der Waals surface area (Å²) in [4.78, 5) is 40.8. The van der Waals surface area contributed by atoms with Crippen LogP contribution < -0.4 is 27.2 Å². The van der Waals surface area contributed by atoms with Crippen molar-refractivity contribution < 1.29 is 9.53 Å². The SMILES string of the molecule is CCCCn1c(N)c(N(CCOC)CC(=O)NC(C)CCC)c(=O)[nH]c1=O. The van der Waals surface area contributed by atoms with Gasteiger partial charge in [-0.05, 0) is 19.8 Å². The Balaban J connectivity index is 3.17. The molecule has 1 unspecified atom stereocenters. The van der Waals surface area contributed by atoms with Gasteiger partial charge in [-0.3, -0.25) is 19.1 Å². The molecule has 0 saturated heterocycles. The van der Waals surface area contributed by atoms with Crippen molar-refractivity contribution in [1.29, 1.82) is 0 Å². The number of rotatable bonds is 12. The standard InChI is InChI=1S/C18H33N5O4/c1-5-7-9-23-16(19)15(17(25)21-18(23)26)22(10-11-27-4)12-14(24)20-13(3)8-6-2/h13H,5-12,19H2,1-4H3,(H,20,24)(H,21,25,26). The number of carbonyl (C=O) groups excluding carboxylic acids is 1. The van der Waals surface area contributed by atoms with Crippen molar-refractivity contribution in [2.75, 3.05) is 37.4 Å². The number of aromatic nitrogens is 2. The van der Waals surface area contributed by atoms with Gasteiger partial charge in [0.15, 0.2) is 0 Å². The average molecular weight is 383 g/mol. The Hall–Kier alpha value is -2.29. The number of aromatic amines is 1. The van der Waals surface area contributed by atoms with Crippen LogP contribution in [0.15, 0.2) is 9.59 Å². The number of methoxy groups -OCH3 is 1. The van der Waals surface area contributed by atoms with Crippen molar-refractivity contribution in [3.05, 3.63) is 20.8 Å². The first-order valence-corrected chi connectivity index (χ1v) is 9.51. The second-order valence-electron chi connectivity index (χ2n) is 6.67. The lowest BCUT2D eigenvalue weighted by Gasteiger charge is -2.26. The van der Waals surface area contributed by atoms with Gasteiger partial charge in [0.1, 0.15) is 11.5 Å². The van der Waals surface area contributed by atoms with Crippen LogP contribution in [-0.2, 0) is 16.1 Å². The fraction of sp³-hybridized carbons (Fsp3) is 0.722. The number of hydrogen-bond donors (Lipinski definition) is 3. The highest BCUT2D eigenvalue weighted by atomic mass is 16.5. The van der Waals surface area contributed by atoms with E-state index >= 15 is 0 Å². The first-order chi connectivity index (χ1) is 12.8. The maximum Gasteiger partial charge on any atom is 0.330 e. The van der Waals surface area contributed by atoms with Gasteiger partial charge >= 0.3 is 5.69 Å². The topological polar surface area (TPSA) is 122 Å². The van der Waals surface area contributed by atoms with E-state index in [0.29, 0.717) is 19.7 Å². The smallest absolute Gasteiger partial charge is 0.330 e. The minimum absolute atomic E-state index is 0.0425. The van der Waals surface area contributed by atoms with Crippen LogP contribution in [0.1, 0.15) is 46.5 Å². The number of nitrogens with zero attached hydrogens (tertiary/aromatic N) is 2. The number of nitrogen functional groups attached to an aromatic ring is 1. The van der Waals surface area contributed by atoms with E-state index < -0.39 is 11.2 Å². The highest BCUT2D eigenvalue weighted by Gasteiger charge is 2.21. The maximum absolute atomic E-state index is 12.4. The molecule has 0 fully saturated rings. The second kappa shape index (κ2) is 11.4. The van der Waals surface area contributed by atoms with Crippen molar-refractivity contribution in [1.82, 2.24) is 14.9 Å². The van der Waals surface area contributed by atoms with Crippen LogP contribution in [0.2, 0.25) is 0 Å². The van der Waals surface area contributed by atoms with Crippen molar-refractivity contribution in [3.8, 4) is 0 Å². The zero-order valence-corrected chi connectivity index (χ0v) is 16.8. The van der Waals surface area contributed by atoms with E-state index in [2.05, 4.69) is 10.3 Å². The van der Waals surface area contributed by atoms with Crippen LogP contribution in [-0.4, -0.2) is 48.3 Å². The van der Waals surface area contributed by atoms with Gasteiger partial charge in [-0.15, -0.1) is 0 Å². The van der Waals surface area contributed by atoms with Gasteiger partial charge in [-0.2, -0.15) is 0 Å². The molecule has 0 saturated carbocycles. The molecule has 1 aromatic rings. The molecule has 1 rings (SSSR count). The van der Waals surface area contributed by atoms with E-state index in [1.165, 1.54) is 11.7 Å². The maximum atomic E-state index is 12.4.